The zero-order chi connectivity index (χ0) is 29.4. The fourth-order valence-electron chi connectivity index (χ4n) is 3.81. The molecule has 0 saturated carbocycles. The molecule has 0 aliphatic heterocycles. The van der Waals surface area contributed by atoms with Crippen molar-refractivity contribution in [1.29, 1.82) is 0 Å². The van der Waals surface area contributed by atoms with E-state index >= 15 is 0 Å². The zero-order valence-electron chi connectivity index (χ0n) is 20.1. The van der Waals surface area contributed by atoms with E-state index in [0.29, 0.717) is 29.8 Å². The molecule has 0 N–H and O–H groups in total. The van der Waals surface area contributed by atoms with Crippen molar-refractivity contribution in [3.05, 3.63) is 118 Å². The third-order valence-electron chi connectivity index (χ3n) is 5.66. The highest BCUT2D eigenvalue weighted by Gasteiger charge is 2.25. The van der Waals surface area contributed by atoms with Crippen LogP contribution in [-0.4, -0.2) is 12.1 Å². The second-order valence-corrected chi connectivity index (χ2v) is 8.56. The predicted octanol–water partition coefficient (Wildman–Crippen LogP) is 8.96. The monoisotopic (exact) mass is 566 g/mol. The molecule has 4 aromatic carbocycles. The summed E-state index contributed by atoms with van der Waals surface area (Å²) in [4.78, 5) is 12.4. The molecule has 0 radical (unpaired) electrons. The summed E-state index contributed by atoms with van der Waals surface area (Å²) in [5.41, 5.74) is -2.05. The Bertz CT molecular complexity index is 1610. The Morgan fingerprint density at radius 3 is 1.75 bits per heavy atom. The number of benzene rings is 4. The van der Waals surface area contributed by atoms with Gasteiger partial charge in [0.1, 0.15) is 46.2 Å². The average molecular weight is 566 g/mol. The normalized spacial score (nSPS) is 11.8. The van der Waals surface area contributed by atoms with Crippen molar-refractivity contribution >= 4 is 12.0 Å². The highest BCUT2D eigenvalue weighted by atomic mass is 19.4. The average Bonchev–Trinajstić information content (AvgIpc) is 2.82. The lowest BCUT2D eigenvalue weighted by molar-refractivity contribution is -0.0790. The maximum atomic E-state index is 14.9. The molecule has 4 rings (SSSR count). The third-order valence-corrected chi connectivity index (χ3v) is 5.66. The van der Waals surface area contributed by atoms with E-state index in [1.54, 1.807) is 13.0 Å². The lowest BCUT2D eigenvalue weighted by Crippen LogP contribution is -2.14. The van der Waals surface area contributed by atoms with Crippen LogP contribution in [-0.2, 0) is 0 Å². The first-order valence-corrected chi connectivity index (χ1v) is 11.3. The molecule has 0 atom stereocenters. The van der Waals surface area contributed by atoms with Crippen LogP contribution >= 0.6 is 0 Å². The van der Waals surface area contributed by atoms with Gasteiger partial charge in [0.25, 0.3) is 0 Å². The Hall–Kier alpha value is -4.54. The van der Waals surface area contributed by atoms with Gasteiger partial charge in [-0.25, -0.2) is 31.1 Å². The Morgan fingerprint density at radius 1 is 0.675 bits per heavy atom. The number of ether oxygens (including phenoxy) is 1. The number of allylic oxidation sites excluding steroid dienone is 1. The van der Waals surface area contributed by atoms with Crippen LogP contribution in [0.1, 0.15) is 21.5 Å². The van der Waals surface area contributed by atoms with Crippen molar-refractivity contribution < 1.29 is 49.0 Å². The van der Waals surface area contributed by atoms with Gasteiger partial charge in [0.05, 0.1) is 0 Å². The number of carbonyl (C=O) groups is 1. The summed E-state index contributed by atoms with van der Waals surface area (Å²) in [5, 5.41) is 0. The molecule has 0 saturated heterocycles. The molecule has 0 fully saturated rings. The highest BCUT2D eigenvalue weighted by Crippen LogP contribution is 2.32. The van der Waals surface area contributed by atoms with E-state index in [4.69, 9.17) is 0 Å². The maximum Gasteiger partial charge on any atom is 0.409 e. The standard InChI is InChI=1S/C29H15F9O2/c1-14-2-4-18(21(30)8-14)15-3-5-19(22(31)9-15)16-10-25(34)27(26(35)11-16)28(39)40-17-12-23(32)20(24(33)13-17)6-7-29(36,37)38/h2-13H,1H3/b7-6+. The second kappa shape index (κ2) is 10.9. The number of rotatable bonds is 5. The van der Waals surface area contributed by atoms with Crippen molar-refractivity contribution in [1.82, 2.24) is 0 Å². The van der Waals surface area contributed by atoms with Gasteiger partial charge in [-0.1, -0.05) is 24.3 Å². The molecule has 206 valence electrons. The predicted molar refractivity (Wildman–Crippen MR) is 128 cm³/mol. The number of carbonyl (C=O) groups excluding carboxylic acids is 1. The van der Waals surface area contributed by atoms with Gasteiger partial charge in [-0.05, 0) is 54.0 Å². The van der Waals surface area contributed by atoms with Crippen LogP contribution in [0.15, 0.2) is 66.7 Å². The molecule has 0 aromatic heterocycles. The number of halogens is 9. The van der Waals surface area contributed by atoms with Crippen LogP contribution < -0.4 is 4.74 Å². The molecule has 0 unspecified atom stereocenters. The van der Waals surface area contributed by atoms with Crippen molar-refractivity contribution in [2.75, 3.05) is 0 Å². The molecular formula is C29H15F9O2. The molecule has 0 bridgehead atoms. The van der Waals surface area contributed by atoms with Crippen LogP contribution in [0.3, 0.4) is 0 Å². The summed E-state index contributed by atoms with van der Waals surface area (Å²) >= 11 is 0. The number of alkyl halides is 3. The smallest absolute Gasteiger partial charge is 0.409 e. The molecule has 0 spiro atoms. The molecule has 11 heteroatoms. The topological polar surface area (TPSA) is 26.3 Å². The van der Waals surface area contributed by atoms with Crippen molar-refractivity contribution in [2.45, 2.75) is 13.1 Å². The maximum absolute atomic E-state index is 14.9. The fraction of sp³-hybridized carbons (Fsp3) is 0.0690. The summed E-state index contributed by atoms with van der Waals surface area (Å²) in [5.74, 6) is -10.2. The Labute approximate surface area is 221 Å². The minimum atomic E-state index is -4.85. The molecule has 0 heterocycles. The van der Waals surface area contributed by atoms with E-state index in [1.807, 2.05) is 0 Å². The van der Waals surface area contributed by atoms with E-state index in [1.165, 1.54) is 18.2 Å². The van der Waals surface area contributed by atoms with Gasteiger partial charge < -0.3 is 4.74 Å². The summed E-state index contributed by atoms with van der Waals surface area (Å²) < 4.78 is 128. The second-order valence-electron chi connectivity index (χ2n) is 8.56. The van der Waals surface area contributed by atoms with Crippen molar-refractivity contribution in [2.24, 2.45) is 0 Å². The number of esters is 1. The van der Waals surface area contributed by atoms with Gasteiger partial charge in [-0.3, -0.25) is 0 Å². The van der Waals surface area contributed by atoms with Gasteiger partial charge in [0, 0.05) is 34.9 Å². The molecular weight excluding hydrogens is 551 g/mol. The zero-order valence-corrected chi connectivity index (χ0v) is 20.1. The summed E-state index contributed by atoms with van der Waals surface area (Å²) in [6, 6.07) is 9.75. The van der Waals surface area contributed by atoms with E-state index in [0.717, 1.165) is 12.1 Å². The molecule has 2 nitrogen and oxygen atoms in total. The van der Waals surface area contributed by atoms with Gasteiger partial charge in [-0.2, -0.15) is 13.2 Å². The van der Waals surface area contributed by atoms with Crippen LogP contribution in [0.4, 0.5) is 39.5 Å². The van der Waals surface area contributed by atoms with Crippen LogP contribution in [0, 0.1) is 41.8 Å². The number of hydrogen-bond donors (Lipinski definition) is 0. The Kier molecular flexibility index (Phi) is 7.77. The number of hydrogen-bond acceptors (Lipinski definition) is 2. The van der Waals surface area contributed by atoms with Crippen LogP contribution in [0.25, 0.3) is 28.3 Å². The first-order chi connectivity index (χ1) is 18.7. The van der Waals surface area contributed by atoms with Crippen molar-refractivity contribution in [3.8, 4) is 28.0 Å². The number of aryl methyl sites for hydroxylation is 1. The molecule has 0 aliphatic rings. The lowest BCUT2D eigenvalue weighted by atomic mass is 9.97. The van der Waals surface area contributed by atoms with E-state index in [9.17, 15) is 44.3 Å². The molecule has 4 aromatic rings. The Morgan fingerprint density at radius 2 is 1.20 bits per heavy atom. The quantitative estimate of drug-likeness (QED) is 0.137. The first kappa shape index (κ1) is 28.5. The summed E-state index contributed by atoms with van der Waals surface area (Å²) in [7, 11) is 0. The van der Waals surface area contributed by atoms with E-state index in [2.05, 4.69) is 4.74 Å². The van der Waals surface area contributed by atoms with Crippen LogP contribution in [0.5, 0.6) is 5.75 Å². The highest BCUT2D eigenvalue weighted by molar-refractivity contribution is 5.92. The molecule has 0 amide bonds. The third kappa shape index (κ3) is 6.19. The minimum Gasteiger partial charge on any atom is -0.423 e. The van der Waals surface area contributed by atoms with Crippen molar-refractivity contribution in [3.63, 3.8) is 0 Å². The Balaban J connectivity index is 1.60. The van der Waals surface area contributed by atoms with Crippen LogP contribution in [0.2, 0.25) is 0 Å². The molecule has 0 aliphatic carbocycles. The summed E-state index contributed by atoms with van der Waals surface area (Å²) in [6.07, 6.45) is -5.14. The van der Waals surface area contributed by atoms with Gasteiger partial charge in [0.15, 0.2) is 0 Å². The van der Waals surface area contributed by atoms with E-state index in [-0.39, 0.29) is 28.3 Å². The van der Waals surface area contributed by atoms with Gasteiger partial charge in [-0.15, -0.1) is 0 Å². The SMILES string of the molecule is Cc1ccc(-c2ccc(-c3cc(F)c(C(=O)Oc4cc(F)c(/C=C/C(F)(F)F)c(F)c4)c(F)c3)c(F)c2)c(F)c1. The van der Waals surface area contributed by atoms with Gasteiger partial charge in [0.2, 0.25) is 0 Å². The van der Waals surface area contributed by atoms with Gasteiger partial charge >= 0.3 is 12.1 Å². The summed E-state index contributed by atoms with van der Waals surface area (Å²) in [6.45, 7) is 1.67. The lowest BCUT2D eigenvalue weighted by Gasteiger charge is -2.11. The first-order valence-electron chi connectivity index (χ1n) is 11.3. The van der Waals surface area contributed by atoms with E-state index < -0.39 is 70.0 Å². The largest absolute Gasteiger partial charge is 0.423 e. The molecule has 40 heavy (non-hydrogen) atoms. The minimum absolute atomic E-state index is 0.101. The fourth-order valence-corrected chi connectivity index (χ4v) is 3.81.